The Bertz CT molecular complexity index is 823. The zero-order valence-corrected chi connectivity index (χ0v) is 15.7. The molecule has 27 heavy (non-hydrogen) atoms. The van der Waals surface area contributed by atoms with Crippen molar-refractivity contribution in [2.24, 2.45) is 0 Å². The third kappa shape index (κ3) is 6.10. The van der Waals surface area contributed by atoms with E-state index < -0.39 is 22.8 Å². The number of carbonyl (C=O) groups excluding carboxylic acids is 2. The van der Waals surface area contributed by atoms with E-state index in [1.54, 1.807) is 13.0 Å². The lowest BCUT2D eigenvalue weighted by atomic mass is 10.1. The maximum Gasteiger partial charge on any atom is 0.329 e. The Balaban J connectivity index is 2.03. The molecule has 1 atom stereocenters. The van der Waals surface area contributed by atoms with Crippen LogP contribution in [-0.4, -0.2) is 40.0 Å². The molecule has 2 rings (SSSR count). The number of thioether (sulfide) groups is 1. The number of aromatic nitrogens is 1. The molecule has 1 aromatic carbocycles. The first-order valence-corrected chi connectivity index (χ1v) is 9.43. The quantitative estimate of drug-likeness (QED) is 0.391. The molecule has 1 aromatic heterocycles. The van der Waals surface area contributed by atoms with Gasteiger partial charge in [-0.05, 0) is 31.4 Å². The number of nitrogens with zero attached hydrogens (tertiary/aromatic N) is 2. The number of hydrogen-bond donors (Lipinski definition) is 1. The molecule has 2 aromatic rings. The molecular formula is C17H19N3O6S. The van der Waals surface area contributed by atoms with E-state index in [1.807, 2.05) is 6.26 Å². The van der Waals surface area contributed by atoms with Crippen molar-refractivity contribution >= 4 is 29.3 Å². The van der Waals surface area contributed by atoms with Crippen LogP contribution in [0.2, 0.25) is 0 Å². The van der Waals surface area contributed by atoms with Crippen LogP contribution in [0.1, 0.15) is 28.2 Å². The van der Waals surface area contributed by atoms with Crippen molar-refractivity contribution in [3.8, 4) is 0 Å². The summed E-state index contributed by atoms with van der Waals surface area (Å²) < 4.78 is 10.1. The standard InChI is InChI=1S/C17H19N3O6S/c1-11-8-13(19-26-11)10-25-17(22)15(6-7-27-2)18-16(21)12-4-3-5-14(9-12)20(23)24/h3-5,8-9,15H,6-7,10H2,1-2H3,(H,18,21). The SMILES string of the molecule is CSCCC(NC(=O)c1cccc([N+](=O)[O-])c1)C(=O)OCc1cc(C)on1. The lowest BCUT2D eigenvalue weighted by molar-refractivity contribution is -0.384. The van der Waals surface area contributed by atoms with E-state index in [-0.39, 0.29) is 17.9 Å². The monoisotopic (exact) mass is 393 g/mol. The molecule has 0 aliphatic rings. The summed E-state index contributed by atoms with van der Waals surface area (Å²) in [6, 6.07) is 6.07. The Labute approximate surface area is 159 Å². The molecule has 0 fully saturated rings. The predicted molar refractivity (Wildman–Crippen MR) is 98.4 cm³/mol. The summed E-state index contributed by atoms with van der Waals surface area (Å²) in [6.45, 7) is 1.65. The largest absolute Gasteiger partial charge is 0.458 e. The molecule has 1 heterocycles. The molecule has 1 N–H and O–H groups in total. The first-order valence-electron chi connectivity index (χ1n) is 8.03. The summed E-state index contributed by atoms with van der Waals surface area (Å²) in [5.41, 5.74) is 0.361. The van der Waals surface area contributed by atoms with E-state index in [9.17, 15) is 19.7 Å². The lowest BCUT2D eigenvalue weighted by Gasteiger charge is -2.17. The van der Waals surface area contributed by atoms with Crippen LogP contribution in [0.3, 0.4) is 0 Å². The van der Waals surface area contributed by atoms with Crippen molar-refractivity contribution in [1.29, 1.82) is 0 Å². The highest BCUT2D eigenvalue weighted by Gasteiger charge is 2.23. The Morgan fingerprint density at radius 2 is 2.19 bits per heavy atom. The van der Waals surface area contributed by atoms with Gasteiger partial charge in [-0.3, -0.25) is 14.9 Å². The number of esters is 1. The molecule has 144 valence electrons. The summed E-state index contributed by atoms with van der Waals surface area (Å²) in [5.74, 6) is 0.0272. The number of hydrogen-bond acceptors (Lipinski definition) is 8. The van der Waals surface area contributed by atoms with Crippen LogP contribution >= 0.6 is 11.8 Å². The molecule has 0 aliphatic carbocycles. The van der Waals surface area contributed by atoms with Gasteiger partial charge in [0, 0.05) is 23.8 Å². The lowest BCUT2D eigenvalue weighted by Crippen LogP contribution is -2.42. The van der Waals surface area contributed by atoms with Crippen LogP contribution in [0, 0.1) is 17.0 Å². The van der Waals surface area contributed by atoms with Gasteiger partial charge in [0.2, 0.25) is 0 Å². The number of nitro benzene ring substituents is 1. The minimum atomic E-state index is -0.878. The third-order valence-electron chi connectivity index (χ3n) is 3.56. The van der Waals surface area contributed by atoms with Gasteiger partial charge < -0.3 is 14.6 Å². The second kappa shape index (κ2) is 9.72. The minimum Gasteiger partial charge on any atom is -0.458 e. The Hall–Kier alpha value is -2.88. The van der Waals surface area contributed by atoms with Crippen LogP contribution in [0.15, 0.2) is 34.9 Å². The average molecular weight is 393 g/mol. The Morgan fingerprint density at radius 1 is 1.41 bits per heavy atom. The molecule has 0 radical (unpaired) electrons. The molecule has 0 saturated heterocycles. The smallest absolute Gasteiger partial charge is 0.329 e. The Morgan fingerprint density at radius 3 is 2.81 bits per heavy atom. The van der Waals surface area contributed by atoms with Crippen LogP contribution in [0.5, 0.6) is 0 Å². The van der Waals surface area contributed by atoms with Gasteiger partial charge in [-0.15, -0.1) is 0 Å². The highest BCUT2D eigenvalue weighted by molar-refractivity contribution is 7.98. The summed E-state index contributed by atoms with van der Waals surface area (Å²) in [4.78, 5) is 35.0. The van der Waals surface area contributed by atoms with Crippen molar-refractivity contribution in [2.45, 2.75) is 26.0 Å². The van der Waals surface area contributed by atoms with Crippen molar-refractivity contribution < 1.29 is 23.8 Å². The van der Waals surface area contributed by atoms with Crippen LogP contribution < -0.4 is 5.32 Å². The van der Waals surface area contributed by atoms with Gasteiger partial charge in [0.05, 0.1) is 4.92 Å². The van der Waals surface area contributed by atoms with Gasteiger partial charge in [-0.1, -0.05) is 11.2 Å². The summed E-state index contributed by atoms with van der Waals surface area (Å²) in [5, 5.41) is 17.2. The predicted octanol–water partition coefficient (Wildman–Crippen LogP) is 2.49. The van der Waals surface area contributed by atoms with E-state index in [4.69, 9.17) is 9.26 Å². The minimum absolute atomic E-state index is 0.0708. The van der Waals surface area contributed by atoms with Crippen molar-refractivity contribution in [1.82, 2.24) is 10.5 Å². The number of amides is 1. The molecule has 0 spiro atoms. The van der Waals surface area contributed by atoms with E-state index in [0.717, 1.165) is 6.07 Å². The average Bonchev–Trinajstić information content (AvgIpc) is 3.08. The highest BCUT2D eigenvalue weighted by atomic mass is 32.2. The Kier molecular flexibility index (Phi) is 7.35. The van der Waals surface area contributed by atoms with E-state index >= 15 is 0 Å². The number of nitro groups is 1. The third-order valence-corrected chi connectivity index (χ3v) is 4.20. The van der Waals surface area contributed by atoms with E-state index in [2.05, 4.69) is 10.5 Å². The zero-order chi connectivity index (χ0) is 19.8. The molecule has 1 unspecified atom stereocenters. The first-order chi connectivity index (χ1) is 12.9. The van der Waals surface area contributed by atoms with Gasteiger partial charge >= 0.3 is 5.97 Å². The molecule has 0 saturated carbocycles. The van der Waals surface area contributed by atoms with Crippen LogP contribution in [0.4, 0.5) is 5.69 Å². The number of aryl methyl sites for hydroxylation is 1. The molecule has 0 aliphatic heterocycles. The van der Waals surface area contributed by atoms with Crippen LogP contribution in [-0.2, 0) is 16.1 Å². The van der Waals surface area contributed by atoms with Crippen molar-refractivity contribution in [3.05, 3.63) is 57.5 Å². The fourth-order valence-corrected chi connectivity index (χ4v) is 2.69. The molecule has 0 bridgehead atoms. The first kappa shape index (κ1) is 20.4. The highest BCUT2D eigenvalue weighted by Crippen LogP contribution is 2.14. The number of rotatable bonds is 9. The van der Waals surface area contributed by atoms with Gasteiger partial charge in [-0.2, -0.15) is 11.8 Å². The zero-order valence-electron chi connectivity index (χ0n) is 14.8. The van der Waals surface area contributed by atoms with Crippen LogP contribution in [0.25, 0.3) is 0 Å². The fraction of sp³-hybridized carbons (Fsp3) is 0.353. The number of non-ortho nitro benzene ring substituents is 1. The topological polar surface area (TPSA) is 125 Å². The second-order valence-corrected chi connectivity index (χ2v) is 6.64. The van der Waals surface area contributed by atoms with Crippen molar-refractivity contribution in [2.75, 3.05) is 12.0 Å². The fourth-order valence-electron chi connectivity index (χ4n) is 2.22. The molecule has 1 amide bonds. The number of nitrogens with one attached hydrogen (secondary N) is 1. The number of ether oxygens (including phenoxy) is 1. The summed E-state index contributed by atoms with van der Waals surface area (Å²) in [6.07, 6.45) is 2.24. The number of benzene rings is 1. The van der Waals surface area contributed by atoms with Gasteiger partial charge in [0.1, 0.15) is 24.1 Å². The molecular weight excluding hydrogens is 374 g/mol. The summed E-state index contributed by atoms with van der Waals surface area (Å²) >= 11 is 1.52. The molecule has 9 nitrogen and oxygen atoms in total. The van der Waals surface area contributed by atoms with E-state index in [1.165, 1.54) is 30.0 Å². The summed E-state index contributed by atoms with van der Waals surface area (Å²) in [7, 11) is 0. The number of carbonyl (C=O) groups is 2. The normalized spacial score (nSPS) is 11.6. The van der Waals surface area contributed by atoms with E-state index in [0.29, 0.717) is 23.6 Å². The molecule has 10 heteroatoms. The maximum absolute atomic E-state index is 12.4. The van der Waals surface area contributed by atoms with Crippen molar-refractivity contribution in [3.63, 3.8) is 0 Å². The second-order valence-electron chi connectivity index (χ2n) is 5.65. The van der Waals surface area contributed by atoms with Gasteiger partial charge in [0.25, 0.3) is 11.6 Å². The maximum atomic E-state index is 12.4. The van der Waals surface area contributed by atoms with Gasteiger partial charge in [0.15, 0.2) is 0 Å². The van der Waals surface area contributed by atoms with Gasteiger partial charge in [-0.25, -0.2) is 4.79 Å².